The van der Waals surface area contributed by atoms with Gasteiger partial charge in [-0.05, 0) is 48.2 Å². The number of hydrogen-bond acceptors (Lipinski definition) is 4. The van der Waals surface area contributed by atoms with Crippen LogP contribution in [0.4, 0.5) is 5.69 Å². The molecular weight excluding hydrogens is 364 g/mol. The molecule has 0 bridgehead atoms. The number of aliphatic carboxylic acids is 2. The first-order valence-electron chi connectivity index (χ1n) is 8.43. The average Bonchev–Trinajstić information content (AvgIpc) is 2.66. The first kappa shape index (κ1) is 22.4. The summed E-state index contributed by atoms with van der Waals surface area (Å²) in [7, 11) is 0. The van der Waals surface area contributed by atoms with Crippen LogP contribution in [0.5, 0.6) is 0 Å². The lowest BCUT2D eigenvalue weighted by atomic mass is 10.1. The van der Waals surface area contributed by atoms with E-state index in [2.05, 4.69) is 5.32 Å². The third kappa shape index (κ3) is 9.14. The molecule has 0 spiro atoms. The van der Waals surface area contributed by atoms with Gasteiger partial charge < -0.3 is 21.3 Å². The summed E-state index contributed by atoms with van der Waals surface area (Å²) in [5, 5.41) is 19.4. The number of carboxylic acid groups (broad SMARTS) is 2. The molecule has 2 rings (SSSR count). The molecule has 8 heteroatoms. The Morgan fingerprint density at radius 1 is 0.893 bits per heavy atom. The predicted octanol–water partition coefficient (Wildman–Crippen LogP) is 2.07. The fourth-order valence-corrected chi connectivity index (χ4v) is 2.27. The van der Waals surface area contributed by atoms with Crippen LogP contribution < -0.4 is 11.1 Å². The van der Waals surface area contributed by atoms with Gasteiger partial charge in [0.15, 0.2) is 0 Å². The number of anilines is 1. The highest BCUT2D eigenvalue weighted by molar-refractivity contribution is 5.92. The second kappa shape index (κ2) is 11.8. The minimum atomic E-state index is -0.852. The molecule has 0 unspecified atom stereocenters. The van der Waals surface area contributed by atoms with Crippen LogP contribution in [-0.4, -0.2) is 34.5 Å². The van der Waals surface area contributed by atoms with E-state index in [1.54, 1.807) is 42.5 Å². The molecule has 0 aliphatic heterocycles. The van der Waals surface area contributed by atoms with Crippen LogP contribution >= 0.6 is 0 Å². The monoisotopic (exact) mass is 386 g/mol. The average molecular weight is 386 g/mol. The van der Waals surface area contributed by atoms with Gasteiger partial charge >= 0.3 is 11.9 Å². The molecule has 8 nitrogen and oxygen atoms in total. The molecule has 0 saturated heterocycles. The van der Waals surface area contributed by atoms with Crippen LogP contribution in [0, 0.1) is 0 Å². The molecular formula is C20H22N2O6. The maximum absolute atomic E-state index is 10.8. The zero-order valence-electron chi connectivity index (χ0n) is 15.1. The summed E-state index contributed by atoms with van der Waals surface area (Å²) in [6, 6.07) is 13.8. The Balaban J connectivity index is 0.000000280. The zero-order chi connectivity index (χ0) is 20.9. The summed E-state index contributed by atoms with van der Waals surface area (Å²) in [6.45, 7) is 0. The van der Waals surface area contributed by atoms with Crippen molar-refractivity contribution >= 4 is 29.9 Å². The van der Waals surface area contributed by atoms with Crippen LogP contribution in [0.2, 0.25) is 0 Å². The van der Waals surface area contributed by atoms with Crippen LogP contribution in [0.25, 0.3) is 0 Å². The summed E-state index contributed by atoms with van der Waals surface area (Å²) in [5.74, 6) is -2.17. The zero-order valence-corrected chi connectivity index (χ0v) is 15.1. The first-order chi connectivity index (χ1) is 13.3. The highest BCUT2D eigenvalue weighted by Crippen LogP contribution is 2.11. The van der Waals surface area contributed by atoms with E-state index in [1.807, 2.05) is 6.07 Å². The van der Waals surface area contributed by atoms with Crippen molar-refractivity contribution in [3.05, 3.63) is 65.2 Å². The largest absolute Gasteiger partial charge is 0.481 e. The molecule has 0 saturated carbocycles. The molecule has 0 aliphatic rings. The van der Waals surface area contributed by atoms with Gasteiger partial charge in [-0.1, -0.05) is 24.3 Å². The lowest BCUT2D eigenvalue weighted by molar-refractivity contribution is -0.138. The molecule has 28 heavy (non-hydrogen) atoms. The molecule has 2 aromatic carbocycles. The molecule has 5 N–H and O–H groups in total. The minimum absolute atomic E-state index is 0.0578. The van der Waals surface area contributed by atoms with E-state index in [0.717, 1.165) is 11.1 Å². The van der Waals surface area contributed by atoms with Crippen molar-refractivity contribution in [3.8, 4) is 0 Å². The van der Waals surface area contributed by atoms with Gasteiger partial charge in [0.05, 0.1) is 0 Å². The highest BCUT2D eigenvalue weighted by atomic mass is 16.4. The highest BCUT2D eigenvalue weighted by Gasteiger charge is 2.03. The minimum Gasteiger partial charge on any atom is -0.481 e. The van der Waals surface area contributed by atoms with Crippen molar-refractivity contribution < 1.29 is 29.4 Å². The summed E-state index contributed by atoms with van der Waals surface area (Å²) < 4.78 is 0. The molecule has 0 heterocycles. The molecule has 0 aliphatic carbocycles. The molecule has 0 radical (unpaired) electrons. The third-order valence-corrected chi connectivity index (χ3v) is 3.62. The van der Waals surface area contributed by atoms with Gasteiger partial charge in [0.25, 0.3) is 0 Å². The molecule has 0 aromatic heterocycles. The maximum atomic E-state index is 10.8. The van der Waals surface area contributed by atoms with Crippen LogP contribution in [-0.2, 0) is 27.2 Å². The van der Waals surface area contributed by atoms with Crippen molar-refractivity contribution in [3.63, 3.8) is 0 Å². The SMILES string of the molecule is NC(=O)c1cccc(CCC(=O)O)c1.O=CNc1cccc(CCC(=O)O)c1. The number of rotatable bonds is 9. The standard InChI is InChI=1S/2C10H11NO3/c12-7-11-9-3-1-2-8(6-9)4-5-10(13)14;11-10(14)8-3-1-2-7(6-8)4-5-9(12)13/h1-3,6-7H,4-5H2,(H,11,12)(H,13,14);1-3,6H,4-5H2,(H2,11,14)(H,12,13). The predicted molar refractivity (Wildman–Crippen MR) is 103 cm³/mol. The van der Waals surface area contributed by atoms with Crippen molar-refractivity contribution in [2.75, 3.05) is 5.32 Å². The number of nitrogens with one attached hydrogen (secondary N) is 1. The van der Waals surface area contributed by atoms with Gasteiger partial charge in [0, 0.05) is 24.1 Å². The second-order valence-corrected chi connectivity index (χ2v) is 5.81. The van der Waals surface area contributed by atoms with E-state index < -0.39 is 17.8 Å². The van der Waals surface area contributed by atoms with E-state index in [1.165, 1.54) is 0 Å². The summed E-state index contributed by atoms with van der Waals surface area (Å²) in [5.41, 5.74) is 7.89. The maximum Gasteiger partial charge on any atom is 0.303 e. The van der Waals surface area contributed by atoms with E-state index in [4.69, 9.17) is 15.9 Å². The number of carbonyl (C=O) groups excluding carboxylic acids is 2. The number of primary amides is 1. The van der Waals surface area contributed by atoms with E-state index in [0.29, 0.717) is 30.5 Å². The number of amides is 2. The molecule has 2 amide bonds. The Bertz CT molecular complexity index is 835. The van der Waals surface area contributed by atoms with Crippen LogP contribution in [0.3, 0.4) is 0 Å². The smallest absolute Gasteiger partial charge is 0.303 e. The van der Waals surface area contributed by atoms with Crippen molar-refractivity contribution in [2.24, 2.45) is 5.73 Å². The lowest BCUT2D eigenvalue weighted by Gasteiger charge is -2.02. The third-order valence-electron chi connectivity index (χ3n) is 3.62. The van der Waals surface area contributed by atoms with Gasteiger partial charge in [0.2, 0.25) is 12.3 Å². The normalized spacial score (nSPS) is 9.57. The molecule has 0 fully saturated rings. The van der Waals surface area contributed by atoms with Crippen LogP contribution in [0.15, 0.2) is 48.5 Å². The summed E-state index contributed by atoms with van der Waals surface area (Å²) in [4.78, 5) is 41.6. The Kier molecular flexibility index (Phi) is 9.46. The summed E-state index contributed by atoms with van der Waals surface area (Å²) >= 11 is 0. The number of carboxylic acids is 2. The molecule has 148 valence electrons. The van der Waals surface area contributed by atoms with Crippen molar-refractivity contribution in [2.45, 2.75) is 25.7 Å². The Morgan fingerprint density at radius 3 is 1.93 bits per heavy atom. The molecule has 0 atom stereocenters. The number of hydrogen-bond donors (Lipinski definition) is 4. The Labute approximate surface area is 162 Å². The first-order valence-corrected chi connectivity index (χ1v) is 8.43. The van der Waals surface area contributed by atoms with Crippen LogP contribution in [0.1, 0.15) is 34.3 Å². The van der Waals surface area contributed by atoms with Crippen molar-refractivity contribution in [1.82, 2.24) is 0 Å². The van der Waals surface area contributed by atoms with Gasteiger partial charge in [-0.25, -0.2) is 0 Å². The number of benzene rings is 2. The van der Waals surface area contributed by atoms with Gasteiger partial charge in [-0.2, -0.15) is 0 Å². The summed E-state index contributed by atoms with van der Waals surface area (Å²) in [6.07, 6.45) is 1.64. The topological polar surface area (TPSA) is 147 Å². The van der Waals surface area contributed by atoms with E-state index >= 15 is 0 Å². The van der Waals surface area contributed by atoms with E-state index in [-0.39, 0.29) is 12.8 Å². The fraction of sp³-hybridized carbons (Fsp3) is 0.200. The number of nitrogens with two attached hydrogens (primary N) is 1. The quantitative estimate of drug-likeness (QED) is 0.485. The second-order valence-electron chi connectivity index (χ2n) is 5.81. The number of carbonyl (C=O) groups is 4. The van der Waals surface area contributed by atoms with Gasteiger partial charge in [-0.3, -0.25) is 19.2 Å². The van der Waals surface area contributed by atoms with Gasteiger partial charge in [-0.15, -0.1) is 0 Å². The van der Waals surface area contributed by atoms with Crippen molar-refractivity contribution in [1.29, 1.82) is 0 Å². The Morgan fingerprint density at radius 2 is 1.43 bits per heavy atom. The van der Waals surface area contributed by atoms with Gasteiger partial charge in [0.1, 0.15) is 0 Å². The fourth-order valence-electron chi connectivity index (χ4n) is 2.27. The van der Waals surface area contributed by atoms with E-state index in [9.17, 15) is 19.2 Å². The number of aryl methyl sites for hydroxylation is 2. The molecule has 2 aromatic rings. The Hall–Kier alpha value is -3.68. The lowest BCUT2D eigenvalue weighted by Crippen LogP contribution is -2.11.